The van der Waals surface area contributed by atoms with Crippen molar-refractivity contribution in [3.8, 4) is 5.75 Å². The molecule has 4 aromatic carbocycles. The van der Waals surface area contributed by atoms with Gasteiger partial charge in [-0.3, -0.25) is 9.36 Å². The summed E-state index contributed by atoms with van der Waals surface area (Å²) in [6.07, 6.45) is 3.87. The van der Waals surface area contributed by atoms with Crippen molar-refractivity contribution in [2.45, 2.75) is 25.5 Å². The summed E-state index contributed by atoms with van der Waals surface area (Å²) in [5, 5.41) is 4.51. The number of allylic oxidation sites excluding steroid dienone is 1. The molecule has 3 heterocycles. The molecule has 0 saturated heterocycles. The van der Waals surface area contributed by atoms with Gasteiger partial charge in [-0.25, -0.2) is 4.99 Å². The van der Waals surface area contributed by atoms with Crippen molar-refractivity contribution in [3.05, 3.63) is 156 Å². The maximum Gasteiger partial charge on any atom is 0.271 e. The number of hydrogen-bond acceptors (Lipinski definition) is 5. The highest BCUT2D eigenvalue weighted by Gasteiger charge is 2.33. The Balaban J connectivity index is 1.18. The molecule has 0 fully saturated rings. The number of fused-ring (bicyclic) bond motifs is 4. The predicted molar refractivity (Wildman–Crippen MR) is 197 cm³/mol. The van der Waals surface area contributed by atoms with Crippen LogP contribution in [-0.4, -0.2) is 4.57 Å². The SMILES string of the molecule is O=c1c(=Cc2cc(I)c(OCc3cccc4ccccc34)c(I)c2)sc2n1C(c1cccs1)C1=C(N=2)c2ccccc2CC1. The minimum atomic E-state index is -0.123. The summed E-state index contributed by atoms with van der Waals surface area (Å²) in [5.74, 6) is 0.863. The van der Waals surface area contributed by atoms with Crippen molar-refractivity contribution in [1.29, 1.82) is 0 Å². The Bertz CT molecular complexity index is 2270. The topological polar surface area (TPSA) is 43.6 Å². The van der Waals surface area contributed by atoms with Gasteiger partial charge in [0.1, 0.15) is 12.4 Å². The van der Waals surface area contributed by atoms with Gasteiger partial charge in [0.25, 0.3) is 5.56 Å². The van der Waals surface area contributed by atoms with E-state index in [1.54, 1.807) is 11.3 Å². The molecule has 1 aliphatic carbocycles. The van der Waals surface area contributed by atoms with E-state index in [4.69, 9.17) is 9.73 Å². The van der Waals surface area contributed by atoms with Crippen molar-refractivity contribution in [2.24, 2.45) is 4.99 Å². The summed E-state index contributed by atoms with van der Waals surface area (Å²) in [6, 6.07) is 31.5. The third-order valence-corrected chi connectivity index (χ3v) is 11.8. The molecule has 4 nitrogen and oxygen atoms in total. The van der Waals surface area contributed by atoms with E-state index in [2.05, 4.69) is 142 Å². The van der Waals surface area contributed by atoms with Gasteiger partial charge < -0.3 is 4.74 Å². The molecule has 8 heteroatoms. The molecule has 2 aliphatic rings. The minimum absolute atomic E-state index is 0.0128. The van der Waals surface area contributed by atoms with E-state index in [9.17, 15) is 4.79 Å². The Morgan fingerprint density at radius 1 is 0.932 bits per heavy atom. The molecule has 1 atom stereocenters. The minimum Gasteiger partial charge on any atom is -0.487 e. The second kappa shape index (κ2) is 11.7. The van der Waals surface area contributed by atoms with Crippen LogP contribution in [0.1, 0.15) is 39.6 Å². The summed E-state index contributed by atoms with van der Waals surface area (Å²) in [5.41, 5.74) is 6.94. The molecule has 44 heavy (non-hydrogen) atoms. The molecule has 0 bridgehead atoms. The van der Waals surface area contributed by atoms with Crippen LogP contribution in [0.4, 0.5) is 0 Å². The summed E-state index contributed by atoms with van der Waals surface area (Å²) in [7, 11) is 0. The summed E-state index contributed by atoms with van der Waals surface area (Å²) in [6.45, 7) is 0.488. The molecule has 1 unspecified atom stereocenters. The second-order valence-corrected chi connectivity index (χ2v) is 15.2. The van der Waals surface area contributed by atoms with Gasteiger partial charge in [-0.1, -0.05) is 84.1 Å². The number of aromatic nitrogens is 1. The molecule has 216 valence electrons. The standard InChI is InChI=1S/C36H24I2N2O2S2/c37-28-17-21(18-29(38)34(28)42-20-24-10-5-9-22-7-1-3-11-25(22)24)19-31-35(41)40-33(30-13-6-16-43-30)27-15-14-23-8-2-4-12-26(23)32(27)39-36(40)44-31/h1-13,16-19,33H,14-15,20H2. The first-order chi connectivity index (χ1) is 21.5. The summed E-state index contributed by atoms with van der Waals surface area (Å²) < 4.78 is 11.0. The van der Waals surface area contributed by atoms with Gasteiger partial charge in [0.2, 0.25) is 0 Å². The highest BCUT2D eigenvalue weighted by atomic mass is 127. The van der Waals surface area contributed by atoms with Crippen LogP contribution < -0.4 is 19.6 Å². The molecule has 2 aromatic heterocycles. The zero-order valence-corrected chi connectivity index (χ0v) is 29.2. The molecule has 8 rings (SSSR count). The lowest BCUT2D eigenvalue weighted by molar-refractivity contribution is 0.303. The van der Waals surface area contributed by atoms with Gasteiger partial charge in [-0.15, -0.1) is 11.3 Å². The third-order valence-electron chi connectivity index (χ3n) is 8.26. The maximum atomic E-state index is 14.1. The quantitative estimate of drug-likeness (QED) is 0.164. The van der Waals surface area contributed by atoms with Crippen molar-refractivity contribution in [1.82, 2.24) is 4.57 Å². The van der Waals surface area contributed by atoms with E-state index >= 15 is 0 Å². The zero-order chi connectivity index (χ0) is 29.8. The van der Waals surface area contributed by atoms with Crippen LogP contribution >= 0.6 is 67.9 Å². The highest BCUT2D eigenvalue weighted by Crippen LogP contribution is 2.42. The Kier molecular flexibility index (Phi) is 7.56. The number of thiazole rings is 1. The lowest BCUT2D eigenvalue weighted by atomic mass is 9.85. The molecule has 0 radical (unpaired) electrons. The summed E-state index contributed by atoms with van der Waals surface area (Å²) in [4.78, 5) is 21.2. The number of rotatable bonds is 5. The van der Waals surface area contributed by atoms with Crippen molar-refractivity contribution in [2.75, 3.05) is 0 Å². The molecule has 6 aromatic rings. The Morgan fingerprint density at radius 3 is 2.57 bits per heavy atom. The van der Waals surface area contributed by atoms with Gasteiger partial charge in [-0.2, -0.15) is 0 Å². The molecular weight excluding hydrogens is 810 g/mol. The van der Waals surface area contributed by atoms with Gasteiger partial charge >= 0.3 is 0 Å². The van der Waals surface area contributed by atoms with Crippen LogP contribution in [0, 0.1) is 7.14 Å². The lowest BCUT2D eigenvalue weighted by Crippen LogP contribution is -2.38. The van der Waals surface area contributed by atoms with Crippen LogP contribution in [0.15, 0.2) is 112 Å². The second-order valence-electron chi connectivity index (χ2n) is 10.9. The Morgan fingerprint density at radius 2 is 1.73 bits per heavy atom. The lowest BCUT2D eigenvalue weighted by Gasteiger charge is -2.30. The van der Waals surface area contributed by atoms with Gasteiger partial charge in [0.15, 0.2) is 4.80 Å². The number of hydrogen-bond donors (Lipinski definition) is 0. The largest absolute Gasteiger partial charge is 0.487 e. The zero-order valence-electron chi connectivity index (χ0n) is 23.3. The van der Waals surface area contributed by atoms with Crippen LogP contribution in [0.25, 0.3) is 22.5 Å². The monoisotopic (exact) mass is 834 g/mol. The summed E-state index contributed by atoms with van der Waals surface area (Å²) >= 11 is 7.86. The average Bonchev–Trinajstić information content (AvgIpc) is 3.68. The first-order valence-corrected chi connectivity index (χ1v) is 18.2. The number of thiophene rings is 1. The normalized spacial score (nSPS) is 16.0. The molecular formula is C36H24I2N2O2S2. The molecule has 1 aliphatic heterocycles. The van der Waals surface area contributed by atoms with Crippen LogP contribution in [0.5, 0.6) is 5.75 Å². The molecule has 0 saturated carbocycles. The van der Waals surface area contributed by atoms with Gasteiger partial charge in [0.05, 0.1) is 23.4 Å². The van der Waals surface area contributed by atoms with Gasteiger partial charge in [0, 0.05) is 10.4 Å². The predicted octanol–water partition coefficient (Wildman–Crippen LogP) is 8.32. The first-order valence-electron chi connectivity index (χ1n) is 14.3. The Hall–Kier alpha value is -3.06. The molecule has 0 spiro atoms. The fourth-order valence-electron chi connectivity index (χ4n) is 6.24. The van der Waals surface area contributed by atoms with E-state index in [1.165, 1.54) is 43.7 Å². The van der Waals surface area contributed by atoms with Crippen molar-refractivity contribution in [3.63, 3.8) is 0 Å². The van der Waals surface area contributed by atoms with Crippen LogP contribution in [0.2, 0.25) is 0 Å². The van der Waals surface area contributed by atoms with Crippen LogP contribution in [-0.2, 0) is 13.0 Å². The molecule has 0 amide bonds. The Labute approximate surface area is 289 Å². The molecule has 0 N–H and O–H groups in total. The smallest absolute Gasteiger partial charge is 0.271 e. The van der Waals surface area contributed by atoms with Crippen molar-refractivity contribution >= 4 is 90.4 Å². The number of halogens is 2. The number of benzene rings is 4. The maximum absolute atomic E-state index is 14.1. The van der Waals surface area contributed by atoms with E-state index in [1.807, 2.05) is 10.6 Å². The van der Waals surface area contributed by atoms with Crippen LogP contribution in [0.3, 0.4) is 0 Å². The fraction of sp³-hybridized carbons (Fsp3) is 0.111. The highest BCUT2D eigenvalue weighted by molar-refractivity contribution is 14.1. The number of ether oxygens (including phenoxy) is 1. The van der Waals surface area contributed by atoms with E-state index in [-0.39, 0.29) is 11.6 Å². The van der Waals surface area contributed by atoms with E-state index in [0.29, 0.717) is 11.1 Å². The number of aryl methyl sites for hydroxylation is 1. The first kappa shape index (κ1) is 28.4. The van der Waals surface area contributed by atoms with Gasteiger partial charge in [-0.05, 0) is 121 Å². The average molecular weight is 835 g/mol. The van der Waals surface area contributed by atoms with E-state index < -0.39 is 0 Å². The number of nitrogens with zero attached hydrogens (tertiary/aromatic N) is 2. The third kappa shape index (κ3) is 4.99. The van der Waals surface area contributed by atoms with E-state index in [0.717, 1.165) is 47.4 Å². The van der Waals surface area contributed by atoms with Crippen molar-refractivity contribution < 1.29 is 4.74 Å². The fourth-order valence-corrected chi connectivity index (χ4v) is 10.2.